The van der Waals surface area contributed by atoms with Gasteiger partial charge >= 0.3 is 0 Å². The average Bonchev–Trinajstić information content (AvgIpc) is 2.65. The van der Waals surface area contributed by atoms with E-state index in [9.17, 15) is 5.11 Å². The van der Waals surface area contributed by atoms with Crippen LogP contribution in [-0.2, 0) is 0 Å². The lowest BCUT2D eigenvalue weighted by Gasteiger charge is -2.26. The molecule has 2 aromatic rings. The van der Waals surface area contributed by atoms with Crippen LogP contribution in [0, 0.1) is 0 Å². The van der Waals surface area contributed by atoms with Gasteiger partial charge in [0.2, 0.25) is 5.95 Å². The molecule has 0 bridgehead atoms. The number of aromatic nitrogens is 2. The van der Waals surface area contributed by atoms with Gasteiger partial charge in [0.1, 0.15) is 11.3 Å². The molecule has 134 valence electrons. The molecule has 5 heteroatoms. The van der Waals surface area contributed by atoms with Crippen LogP contribution in [0.3, 0.4) is 0 Å². The standard InChI is InChI=1S/C20H27N3O2/c24-16-11-9-15(10-12-16)22-20-21-13-14-5-4-8-18(19(14)23-20)25-17-6-2-1-3-7-17/h4-5,8,13,15-17,24H,1-3,6-7,9-12H2,(H,21,22,23)/t15-,16-. The fraction of sp³-hybridized carbons (Fsp3) is 0.600. The van der Waals surface area contributed by atoms with Crippen molar-refractivity contribution in [2.45, 2.75) is 76.0 Å². The minimum absolute atomic E-state index is 0.147. The van der Waals surface area contributed by atoms with Gasteiger partial charge < -0.3 is 15.2 Å². The minimum atomic E-state index is -0.147. The Kier molecular flexibility index (Phi) is 5.02. The molecule has 5 nitrogen and oxygen atoms in total. The lowest BCUT2D eigenvalue weighted by molar-refractivity contribution is 0.126. The lowest BCUT2D eigenvalue weighted by Crippen LogP contribution is -2.28. The molecule has 0 unspecified atom stereocenters. The molecule has 4 rings (SSSR count). The van der Waals surface area contributed by atoms with E-state index in [4.69, 9.17) is 9.72 Å². The molecule has 1 heterocycles. The maximum atomic E-state index is 9.65. The zero-order chi connectivity index (χ0) is 17.1. The van der Waals surface area contributed by atoms with Crippen molar-refractivity contribution in [3.63, 3.8) is 0 Å². The van der Waals surface area contributed by atoms with Crippen molar-refractivity contribution in [1.29, 1.82) is 0 Å². The summed E-state index contributed by atoms with van der Waals surface area (Å²) in [5.74, 6) is 1.53. The molecule has 2 saturated carbocycles. The van der Waals surface area contributed by atoms with Crippen LogP contribution in [0.15, 0.2) is 24.4 Å². The molecule has 25 heavy (non-hydrogen) atoms. The molecule has 1 aromatic carbocycles. The topological polar surface area (TPSA) is 67.3 Å². The quantitative estimate of drug-likeness (QED) is 0.878. The number of aliphatic hydroxyl groups is 1. The van der Waals surface area contributed by atoms with Gasteiger partial charge in [0.25, 0.3) is 0 Å². The molecular formula is C20H27N3O2. The number of benzene rings is 1. The van der Waals surface area contributed by atoms with E-state index in [1.807, 2.05) is 24.4 Å². The smallest absolute Gasteiger partial charge is 0.223 e. The van der Waals surface area contributed by atoms with E-state index in [1.54, 1.807) is 0 Å². The Balaban J connectivity index is 1.52. The van der Waals surface area contributed by atoms with Crippen LogP contribution in [0.25, 0.3) is 10.9 Å². The van der Waals surface area contributed by atoms with Gasteiger partial charge in [0, 0.05) is 17.6 Å². The van der Waals surface area contributed by atoms with Gasteiger partial charge in [-0.25, -0.2) is 9.97 Å². The molecular weight excluding hydrogens is 314 g/mol. The van der Waals surface area contributed by atoms with E-state index in [-0.39, 0.29) is 6.10 Å². The number of nitrogens with zero attached hydrogens (tertiary/aromatic N) is 2. The summed E-state index contributed by atoms with van der Waals surface area (Å²) >= 11 is 0. The van der Waals surface area contributed by atoms with Crippen LogP contribution in [0.1, 0.15) is 57.8 Å². The Labute approximate surface area is 148 Å². The maximum Gasteiger partial charge on any atom is 0.223 e. The summed E-state index contributed by atoms with van der Waals surface area (Å²) in [5.41, 5.74) is 0.890. The van der Waals surface area contributed by atoms with Crippen LogP contribution in [0.2, 0.25) is 0 Å². The predicted octanol–water partition coefficient (Wildman–Crippen LogP) is 4.06. The van der Waals surface area contributed by atoms with Gasteiger partial charge in [-0.1, -0.05) is 18.6 Å². The third-order valence-electron chi connectivity index (χ3n) is 5.45. The molecule has 0 spiro atoms. The van der Waals surface area contributed by atoms with E-state index >= 15 is 0 Å². The Morgan fingerprint density at radius 3 is 2.60 bits per heavy atom. The second kappa shape index (κ2) is 7.56. The summed E-state index contributed by atoms with van der Waals surface area (Å²) in [4.78, 5) is 9.21. The molecule has 0 aliphatic heterocycles. The molecule has 2 aliphatic carbocycles. The number of hydrogen-bond acceptors (Lipinski definition) is 5. The summed E-state index contributed by atoms with van der Waals surface area (Å²) in [5, 5.41) is 14.1. The highest BCUT2D eigenvalue weighted by molar-refractivity contribution is 5.84. The summed E-state index contributed by atoms with van der Waals surface area (Å²) < 4.78 is 6.28. The van der Waals surface area contributed by atoms with Crippen molar-refractivity contribution in [3.8, 4) is 5.75 Å². The first-order chi connectivity index (χ1) is 12.3. The van der Waals surface area contributed by atoms with Crippen molar-refractivity contribution < 1.29 is 9.84 Å². The van der Waals surface area contributed by atoms with E-state index < -0.39 is 0 Å². The van der Waals surface area contributed by atoms with Crippen molar-refractivity contribution in [3.05, 3.63) is 24.4 Å². The number of nitrogens with one attached hydrogen (secondary N) is 1. The number of anilines is 1. The van der Waals surface area contributed by atoms with Crippen LogP contribution in [0.5, 0.6) is 5.75 Å². The number of hydrogen-bond donors (Lipinski definition) is 2. The van der Waals surface area contributed by atoms with Crippen molar-refractivity contribution in [2.24, 2.45) is 0 Å². The first kappa shape index (κ1) is 16.6. The zero-order valence-corrected chi connectivity index (χ0v) is 14.7. The Hall–Kier alpha value is -1.88. The lowest BCUT2D eigenvalue weighted by atomic mass is 9.93. The highest BCUT2D eigenvalue weighted by Gasteiger charge is 2.20. The number of ether oxygens (including phenoxy) is 1. The van der Waals surface area contributed by atoms with Gasteiger partial charge in [0.05, 0.1) is 12.2 Å². The fourth-order valence-corrected chi connectivity index (χ4v) is 3.96. The predicted molar refractivity (Wildman–Crippen MR) is 98.9 cm³/mol. The summed E-state index contributed by atoms with van der Waals surface area (Å²) in [6, 6.07) is 6.40. The third kappa shape index (κ3) is 4.03. The Bertz CT molecular complexity index is 707. The van der Waals surface area contributed by atoms with Gasteiger partial charge in [0.15, 0.2) is 0 Å². The maximum absolute atomic E-state index is 9.65. The van der Waals surface area contributed by atoms with E-state index in [2.05, 4.69) is 10.3 Å². The monoisotopic (exact) mass is 341 g/mol. The molecule has 0 amide bonds. The van der Waals surface area contributed by atoms with Crippen LogP contribution in [-0.4, -0.2) is 33.3 Å². The number of para-hydroxylation sites is 1. The van der Waals surface area contributed by atoms with Crippen LogP contribution >= 0.6 is 0 Å². The van der Waals surface area contributed by atoms with Gasteiger partial charge in [-0.05, 0) is 57.4 Å². The Morgan fingerprint density at radius 2 is 1.80 bits per heavy atom. The van der Waals surface area contributed by atoms with Crippen LogP contribution in [0.4, 0.5) is 5.95 Å². The third-order valence-corrected chi connectivity index (χ3v) is 5.45. The van der Waals surface area contributed by atoms with Crippen molar-refractivity contribution in [1.82, 2.24) is 9.97 Å². The molecule has 1 aromatic heterocycles. The molecule has 2 fully saturated rings. The molecule has 2 aliphatic rings. The minimum Gasteiger partial charge on any atom is -0.488 e. The first-order valence-corrected chi connectivity index (χ1v) is 9.65. The van der Waals surface area contributed by atoms with Gasteiger partial charge in [-0.15, -0.1) is 0 Å². The normalized spacial score (nSPS) is 25.0. The SMILES string of the molecule is O[C@H]1CC[C@H](Nc2ncc3cccc(OC4CCCCC4)c3n2)CC1. The van der Waals surface area contributed by atoms with Crippen molar-refractivity contribution >= 4 is 16.9 Å². The van der Waals surface area contributed by atoms with E-state index in [0.29, 0.717) is 18.1 Å². The van der Waals surface area contributed by atoms with Gasteiger partial charge in [-0.3, -0.25) is 0 Å². The molecule has 0 atom stereocenters. The molecule has 0 radical (unpaired) electrons. The second-order valence-corrected chi connectivity index (χ2v) is 7.42. The number of aliphatic hydroxyl groups excluding tert-OH is 1. The summed E-state index contributed by atoms with van der Waals surface area (Å²) in [6.07, 6.45) is 11.8. The number of rotatable bonds is 4. The average molecular weight is 341 g/mol. The largest absolute Gasteiger partial charge is 0.488 e. The first-order valence-electron chi connectivity index (χ1n) is 9.65. The van der Waals surface area contributed by atoms with E-state index in [1.165, 1.54) is 19.3 Å². The zero-order valence-electron chi connectivity index (χ0n) is 14.7. The van der Waals surface area contributed by atoms with Gasteiger partial charge in [-0.2, -0.15) is 0 Å². The molecule has 2 N–H and O–H groups in total. The second-order valence-electron chi connectivity index (χ2n) is 7.42. The number of fused-ring (bicyclic) bond motifs is 1. The summed E-state index contributed by atoms with van der Waals surface area (Å²) in [7, 11) is 0. The Morgan fingerprint density at radius 1 is 1.00 bits per heavy atom. The fourth-order valence-electron chi connectivity index (χ4n) is 3.96. The highest BCUT2D eigenvalue weighted by Crippen LogP contribution is 2.29. The van der Waals surface area contributed by atoms with E-state index in [0.717, 1.165) is 55.2 Å². The summed E-state index contributed by atoms with van der Waals surface area (Å²) in [6.45, 7) is 0. The highest BCUT2D eigenvalue weighted by atomic mass is 16.5. The molecule has 0 saturated heterocycles. The van der Waals surface area contributed by atoms with Crippen molar-refractivity contribution in [2.75, 3.05) is 5.32 Å². The van der Waals surface area contributed by atoms with Crippen LogP contribution < -0.4 is 10.1 Å².